The quantitative estimate of drug-likeness (QED) is 0.494. The maximum atomic E-state index is 13.5. The number of carbonyl (C=O) groups is 1. The lowest BCUT2D eigenvalue weighted by atomic mass is 9.70. The number of aromatic nitrogens is 2. The monoisotopic (exact) mass is 491 g/mol. The topological polar surface area (TPSA) is 56.6 Å². The molecule has 182 valence electrons. The largest absolute Gasteiger partial charge is 0.487 e. The first-order valence-electron chi connectivity index (χ1n) is 12.4. The average Bonchev–Trinajstić information content (AvgIpc) is 3.36. The van der Waals surface area contributed by atoms with Crippen molar-refractivity contribution >= 4 is 17.5 Å². The predicted octanol–water partition coefficient (Wildman–Crippen LogP) is 5.36. The fraction of sp³-hybridized carbons (Fsp3) is 0.429. The van der Waals surface area contributed by atoms with Gasteiger partial charge in [-0.2, -0.15) is 0 Å². The van der Waals surface area contributed by atoms with Crippen LogP contribution >= 0.6 is 11.6 Å². The van der Waals surface area contributed by atoms with Crippen molar-refractivity contribution in [2.75, 3.05) is 13.1 Å². The number of hydrogen-bond acceptors (Lipinski definition) is 4. The zero-order valence-electron chi connectivity index (χ0n) is 20.1. The predicted molar refractivity (Wildman–Crippen MR) is 134 cm³/mol. The third-order valence-electron chi connectivity index (χ3n) is 7.84. The molecule has 0 saturated carbocycles. The van der Waals surface area contributed by atoms with E-state index in [1.165, 1.54) is 0 Å². The van der Waals surface area contributed by atoms with Gasteiger partial charge in [0.1, 0.15) is 11.4 Å². The van der Waals surface area contributed by atoms with Crippen molar-refractivity contribution in [3.8, 4) is 5.75 Å². The molecular weight excluding hydrogens is 462 g/mol. The molecule has 1 aromatic heterocycles. The van der Waals surface area contributed by atoms with E-state index < -0.39 is 0 Å². The number of fused-ring (bicyclic) bond motifs is 4. The summed E-state index contributed by atoms with van der Waals surface area (Å²) in [5, 5.41) is 0.701. The molecule has 35 heavy (non-hydrogen) atoms. The van der Waals surface area contributed by atoms with E-state index in [1.54, 1.807) is 12.5 Å². The number of piperidine rings is 1. The Hall–Kier alpha value is -2.83. The summed E-state index contributed by atoms with van der Waals surface area (Å²) in [5.41, 5.74) is 2.52. The van der Waals surface area contributed by atoms with Gasteiger partial charge in [-0.25, -0.2) is 4.98 Å². The van der Waals surface area contributed by atoms with Crippen LogP contribution in [-0.2, 0) is 11.3 Å². The summed E-state index contributed by atoms with van der Waals surface area (Å²) in [7, 11) is 0. The number of nitrogens with zero attached hydrogens (tertiary/aromatic N) is 3. The van der Waals surface area contributed by atoms with Gasteiger partial charge in [0.25, 0.3) is 5.91 Å². The van der Waals surface area contributed by atoms with E-state index in [1.807, 2.05) is 58.1 Å². The molecule has 7 heteroatoms. The maximum absolute atomic E-state index is 13.5. The average molecular weight is 492 g/mol. The standard InChI is InChI=1S/C28H30ClN3O3/c1-28(2)23-13-20-16-32(27(33)19-5-3-4-18(12-19)15-31-11-9-30-17-31)10-8-24(20)34-26(23)22-14-21(29)6-7-25(22)35-28/h3-7,9,11-12,14,17,20,23-24,26H,8,10,13,15-16H2,1-2H3/t20-,23-,24-,26+/m0/s1. The molecule has 3 aromatic rings. The first-order chi connectivity index (χ1) is 16.9. The van der Waals surface area contributed by atoms with Gasteiger partial charge in [-0.15, -0.1) is 0 Å². The summed E-state index contributed by atoms with van der Waals surface area (Å²) in [4.78, 5) is 19.6. The van der Waals surface area contributed by atoms with E-state index in [4.69, 9.17) is 21.1 Å². The summed E-state index contributed by atoms with van der Waals surface area (Å²) in [5.74, 6) is 1.44. The smallest absolute Gasteiger partial charge is 0.253 e. The molecule has 4 atom stereocenters. The van der Waals surface area contributed by atoms with Gasteiger partial charge in [0.2, 0.25) is 0 Å². The van der Waals surface area contributed by atoms with Crippen LogP contribution in [0, 0.1) is 11.8 Å². The Morgan fingerprint density at radius 3 is 2.94 bits per heavy atom. The zero-order valence-corrected chi connectivity index (χ0v) is 20.8. The molecule has 2 aromatic carbocycles. The van der Waals surface area contributed by atoms with Crippen LogP contribution in [0.25, 0.3) is 0 Å². The number of imidazole rings is 1. The molecule has 0 radical (unpaired) electrons. The Balaban J connectivity index is 1.19. The van der Waals surface area contributed by atoms with Gasteiger partial charge in [0.15, 0.2) is 0 Å². The highest BCUT2D eigenvalue weighted by atomic mass is 35.5. The van der Waals surface area contributed by atoms with E-state index in [2.05, 4.69) is 18.8 Å². The van der Waals surface area contributed by atoms with Gasteiger partial charge in [-0.05, 0) is 62.6 Å². The molecule has 6 nitrogen and oxygen atoms in total. The number of likely N-dealkylation sites (tertiary alicyclic amines) is 1. The van der Waals surface area contributed by atoms with E-state index in [-0.39, 0.29) is 35.6 Å². The minimum atomic E-state index is -0.357. The fourth-order valence-electron chi connectivity index (χ4n) is 6.04. The van der Waals surface area contributed by atoms with Crippen molar-refractivity contribution in [1.82, 2.24) is 14.5 Å². The van der Waals surface area contributed by atoms with Gasteiger partial charge in [-0.1, -0.05) is 23.7 Å². The molecule has 2 saturated heterocycles. The Morgan fingerprint density at radius 1 is 1.23 bits per heavy atom. The van der Waals surface area contributed by atoms with Crippen LogP contribution in [-0.4, -0.2) is 45.2 Å². The molecule has 6 rings (SSSR count). The fourth-order valence-corrected chi connectivity index (χ4v) is 6.22. The molecule has 1 amide bonds. The molecule has 0 aliphatic carbocycles. The summed E-state index contributed by atoms with van der Waals surface area (Å²) < 4.78 is 15.1. The van der Waals surface area contributed by atoms with Crippen LogP contribution in [0.3, 0.4) is 0 Å². The van der Waals surface area contributed by atoms with Crippen molar-refractivity contribution in [3.63, 3.8) is 0 Å². The highest BCUT2D eigenvalue weighted by Gasteiger charge is 2.51. The normalized spacial score (nSPS) is 26.8. The molecule has 0 bridgehead atoms. The molecule has 3 aliphatic heterocycles. The van der Waals surface area contributed by atoms with Gasteiger partial charge in [0.05, 0.1) is 18.5 Å². The molecule has 0 unspecified atom stereocenters. The zero-order chi connectivity index (χ0) is 24.2. The first kappa shape index (κ1) is 22.6. The highest BCUT2D eigenvalue weighted by molar-refractivity contribution is 6.30. The minimum absolute atomic E-state index is 0.0317. The van der Waals surface area contributed by atoms with Crippen LogP contribution in [0.5, 0.6) is 5.75 Å². The van der Waals surface area contributed by atoms with Crippen LogP contribution < -0.4 is 4.74 Å². The third kappa shape index (κ3) is 4.23. The molecule has 0 N–H and O–H groups in total. The van der Waals surface area contributed by atoms with Crippen LogP contribution in [0.15, 0.2) is 61.2 Å². The lowest BCUT2D eigenvalue weighted by Crippen LogP contribution is -2.56. The van der Waals surface area contributed by atoms with E-state index >= 15 is 0 Å². The molecule has 4 heterocycles. The minimum Gasteiger partial charge on any atom is -0.487 e. The van der Waals surface area contributed by atoms with Crippen molar-refractivity contribution in [1.29, 1.82) is 0 Å². The van der Waals surface area contributed by atoms with E-state index in [9.17, 15) is 4.79 Å². The van der Waals surface area contributed by atoms with Crippen molar-refractivity contribution < 1.29 is 14.3 Å². The van der Waals surface area contributed by atoms with Crippen molar-refractivity contribution in [3.05, 3.63) is 82.9 Å². The highest BCUT2D eigenvalue weighted by Crippen LogP contribution is 2.53. The van der Waals surface area contributed by atoms with Crippen LogP contribution in [0.1, 0.15) is 54.3 Å². The second-order valence-corrected chi connectivity index (χ2v) is 11.0. The number of hydrogen-bond donors (Lipinski definition) is 0. The molecule has 2 fully saturated rings. The second kappa shape index (κ2) is 8.68. The number of ether oxygens (including phenoxy) is 2. The Kier molecular flexibility index (Phi) is 5.61. The number of carbonyl (C=O) groups excluding carboxylic acids is 1. The van der Waals surface area contributed by atoms with Gasteiger partial charge < -0.3 is 18.9 Å². The number of amides is 1. The van der Waals surface area contributed by atoms with Gasteiger partial charge >= 0.3 is 0 Å². The van der Waals surface area contributed by atoms with E-state index in [0.717, 1.165) is 35.3 Å². The SMILES string of the molecule is CC1(C)Oc2ccc(Cl)cc2[C@H]2O[C@H]3CCN(C(=O)c4cccc(Cn5ccnc5)c4)C[C@@H]3C[C@@H]21. The van der Waals surface area contributed by atoms with Crippen molar-refractivity contribution in [2.45, 2.75) is 51.0 Å². The van der Waals surface area contributed by atoms with Gasteiger partial charge in [0, 0.05) is 60.0 Å². The Morgan fingerprint density at radius 2 is 2.11 bits per heavy atom. The van der Waals surface area contributed by atoms with Crippen LogP contribution in [0.2, 0.25) is 5.02 Å². The number of benzene rings is 2. The number of rotatable bonds is 3. The summed E-state index contributed by atoms with van der Waals surface area (Å²) in [6, 6.07) is 13.7. The lowest BCUT2D eigenvalue weighted by molar-refractivity contribution is -0.184. The number of halogens is 1. The summed E-state index contributed by atoms with van der Waals surface area (Å²) in [6.45, 7) is 6.39. The van der Waals surface area contributed by atoms with Gasteiger partial charge in [-0.3, -0.25) is 4.79 Å². The Bertz CT molecular complexity index is 1240. The van der Waals surface area contributed by atoms with Crippen molar-refractivity contribution in [2.24, 2.45) is 11.8 Å². The third-order valence-corrected chi connectivity index (χ3v) is 8.07. The first-order valence-corrected chi connectivity index (χ1v) is 12.7. The summed E-state index contributed by atoms with van der Waals surface area (Å²) >= 11 is 6.32. The lowest BCUT2D eigenvalue weighted by Gasteiger charge is -2.53. The summed E-state index contributed by atoms with van der Waals surface area (Å²) in [6.07, 6.45) is 7.38. The van der Waals surface area contributed by atoms with E-state index in [0.29, 0.717) is 24.7 Å². The van der Waals surface area contributed by atoms with Crippen LogP contribution in [0.4, 0.5) is 0 Å². The maximum Gasteiger partial charge on any atom is 0.253 e. The Labute approximate surface area is 210 Å². The molecule has 0 spiro atoms. The molecule has 3 aliphatic rings. The molecular formula is C28H30ClN3O3. The second-order valence-electron chi connectivity index (χ2n) is 10.6.